The van der Waals surface area contributed by atoms with Crippen molar-refractivity contribution in [1.29, 1.82) is 0 Å². The van der Waals surface area contributed by atoms with Crippen LogP contribution in [-0.4, -0.2) is 45.0 Å². The van der Waals surface area contributed by atoms with E-state index in [1.165, 1.54) is 28.9 Å². The van der Waals surface area contributed by atoms with Gasteiger partial charge in [0.05, 0.1) is 18.2 Å². The smallest absolute Gasteiger partial charge is 0.436 e. The molecular formula is C26H27F3N4O4. The average molecular weight is 517 g/mol. The maximum Gasteiger partial charge on any atom is 0.436 e. The van der Waals surface area contributed by atoms with Gasteiger partial charge in [0.15, 0.2) is 5.69 Å². The zero-order valence-electron chi connectivity index (χ0n) is 20.1. The van der Waals surface area contributed by atoms with Gasteiger partial charge in [-0.3, -0.25) is 4.79 Å². The van der Waals surface area contributed by atoms with Gasteiger partial charge in [-0.15, -0.1) is 0 Å². The summed E-state index contributed by atoms with van der Waals surface area (Å²) in [5, 5.41) is 24.4. The summed E-state index contributed by atoms with van der Waals surface area (Å²) in [5.41, 5.74) is 0.765. The molecule has 0 saturated carbocycles. The number of anilines is 1. The van der Waals surface area contributed by atoms with E-state index in [1.807, 2.05) is 24.3 Å². The second-order valence-corrected chi connectivity index (χ2v) is 8.96. The number of hydrogen-bond donors (Lipinski definition) is 3. The summed E-state index contributed by atoms with van der Waals surface area (Å²) in [6.45, 7) is 2.63. The number of carbonyl (C=O) groups excluding carboxylic acids is 1. The van der Waals surface area contributed by atoms with Gasteiger partial charge < -0.3 is 20.4 Å². The van der Waals surface area contributed by atoms with Crippen molar-refractivity contribution in [2.75, 3.05) is 18.1 Å². The molecule has 3 aromatic rings. The summed E-state index contributed by atoms with van der Waals surface area (Å²) in [6.07, 6.45) is -3.45. The average Bonchev–Trinajstić information content (AvgIpc) is 3.44. The highest BCUT2D eigenvalue weighted by atomic mass is 19.4. The molecule has 1 unspecified atom stereocenters. The molecule has 2 heterocycles. The van der Waals surface area contributed by atoms with Crippen LogP contribution in [0.4, 0.5) is 19.0 Å². The Hall–Kier alpha value is -3.86. The van der Waals surface area contributed by atoms with Crippen molar-refractivity contribution in [3.05, 3.63) is 82.0 Å². The first-order valence-corrected chi connectivity index (χ1v) is 11.8. The predicted octanol–water partition coefficient (Wildman–Crippen LogP) is 4.04. The Kier molecular flexibility index (Phi) is 7.53. The van der Waals surface area contributed by atoms with Crippen molar-refractivity contribution < 1.29 is 33.0 Å². The first-order valence-electron chi connectivity index (χ1n) is 11.8. The number of carboxylic acid groups (broad SMARTS) is 1. The van der Waals surface area contributed by atoms with Gasteiger partial charge in [0.25, 0.3) is 5.91 Å². The molecule has 3 N–H and O–H groups in total. The SMILES string of the molecule is CC(NC(=O)c1c(C(F)(F)F)nn2c1N(Cc1ccc(CCCO)cc1)CC2)c1ccc(C(=O)O)cc1. The number of fused-ring (bicyclic) bond motifs is 1. The number of amides is 1. The number of aromatic carboxylic acids is 1. The molecule has 0 saturated heterocycles. The molecule has 8 nitrogen and oxygen atoms in total. The van der Waals surface area contributed by atoms with Gasteiger partial charge >= 0.3 is 12.1 Å². The van der Waals surface area contributed by atoms with E-state index in [2.05, 4.69) is 10.4 Å². The lowest BCUT2D eigenvalue weighted by Crippen LogP contribution is -2.31. The first-order chi connectivity index (χ1) is 17.6. The minimum atomic E-state index is -4.82. The van der Waals surface area contributed by atoms with Crippen LogP contribution in [0.5, 0.6) is 0 Å². The molecule has 1 amide bonds. The summed E-state index contributed by atoms with van der Waals surface area (Å²) in [4.78, 5) is 26.0. The van der Waals surface area contributed by atoms with Crippen LogP contribution in [0.25, 0.3) is 0 Å². The molecule has 1 atom stereocenters. The molecule has 37 heavy (non-hydrogen) atoms. The Bertz CT molecular complexity index is 1270. The molecule has 0 radical (unpaired) electrons. The number of nitrogens with one attached hydrogen (secondary N) is 1. The highest BCUT2D eigenvalue weighted by molar-refractivity contribution is 6.01. The Balaban J connectivity index is 1.59. The van der Waals surface area contributed by atoms with E-state index in [0.29, 0.717) is 25.1 Å². The van der Waals surface area contributed by atoms with Crippen molar-refractivity contribution in [3.8, 4) is 0 Å². The lowest BCUT2D eigenvalue weighted by molar-refractivity contribution is -0.141. The Morgan fingerprint density at radius 2 is 1.70 bits per heavy atom. The van der Waals surface area contributed by atoms with Crippen LogP contribution in [-0.2, 0) is 25.7 Å². The number of nitrogens with zero attached hydrogens (tertiary/aromatic N) is 3. The van der Waals surface area contributed by atoms with Gasteiger partial charge in [-0.05, 0) is 48.6 Å². The maximum atomic E-state index is 13.9. The molecule has 0 aliphatic carbocycles. The molecule has 4 rings (SSSR count). The zero-order valence-corrected chi connectivity index (χ0v) is 20.1. The number of hydrogen-bond acceptors (Lipinski definition) is 5. The van der Waals surface area contributed by atoms with E-state index in [0.717, 1.165) is 17.5 Å². The lowest BCUT2D eigenvalue weighted by atomic mass is 10.1. The summed E-state index contributed by atoms with van der Waals surface area (Å²) >= 11 is 0. The minimum Gasteiger partial charge on any atom is -0.478 e. The number of benzene rings is 2. The van der Waals surface area contributed by atoms with E-state index in [9.17, 15) is 22.8 Å². The van der Waals surface area contributed by atoms with Gasteiger partial charge in [-0.2, -0.15) is 18.3 Å². The standard InChI is InChI=1S/C26H27F3N4O4/c1-16(19-8-10-20(11-9-19)25(36)37)30-23(35)21-22(26(27,28)29)31-33-13-12-32(24(21)33)15-18-6-4-17(5-7-18)3-2-14-34/h4-11,16,34H,2-3,12-15H2,1H3,(H,30,35)(H,36,37). The number of carbonyl (C=O) groups is 2. The summed E-state index contributed by atoms with van der Waals surface area (Å²) in [6, 6.07) is 12.7. The number of carboxylic acids is 1. The van der Waals surface area contributed by atoms with Crippen molar-refractivity contribution in [3.63, 3.8) is 0 Å². The van der Waals surface area contributed by atoms with E-state index in [4.69, 9.17) is 10.2 Å². The fourth-order valence-corrected chi connectivity index (χ4v) is 4.39. The van der Waals surface area contributed by atoms with Gasteiger partial charge in [0, 0.05) is 19.7 Å². The molecule has 2 aromatic carbocycles. The van der Waals surface area contributed by atoms with Crippen LogP contribution >= 0.6 is 0 Å². The number of halogens is 3. The number of alkyl halides is 3. The summed E-state index contributed by atoms with van der Waals surface area (Å²) < 4.78 is 42.9. The van der Waals surface area contributed by atoms with Gasteiger partial charge in [-0.25, -0.2) is 9.48 Å². The molecule has 0 spiro atoms. The van der Waals surface area contributed by atoms with Crippen LogP contribution < -0.4 is 10.2 Å². The number of aliphatic hydroxyl groups is 1. The fraction of sp³-hybridized carbons (Fsp3) is 0.346. The van der Waals surface area contributed by atoms with Crippen molar-refractivity contribution in [1.82, 2.24) is 15.1 Å². The number of rotatable bonds is 9. The van der Waals surface area contributed by atoms with Gasteiger partial charge in [-0.1, -0.05) is 36.4 Å². The molecule has 1 aliphatic heterocycles. The summed E-state index contributed by atoms with van der Waals surface area (Å²) in [5.74, 6) is -1.90. The molecule has 0 fully saturated rings. The Labute approximate surface area is 211 Å². The van der Waals surface area contributed by atoms with Crippen molar-refractivity contribution in [2.45, 2.75) is 45.1 Å². The van der Waals surface area contributed by atoms with Crippen LogP contribution in [0, 0.1) is 0 Å². The maximum absolute atomic E-state index is 13.9. The third-order valence-electron chi connectivity index (χ3n) is 6.33. The van der Waals surface area contributed by atoms with E-state index >= 15 is 0 Å². The lowest BCUT2D eigenvalue weighted by Gasteiger charge is -2.21. The van der Waals surface area contributed by atoms with Crippen LogP contribution in [0.3, 0.4) is 0 Å². The van der Waals surface area contributed by atoms with Crippen LogP contribution in [0.1, 0.15) is 62.5 Å². The van der Waals surface area contributed by atoms with Crippen LogP contribution in [0.2, 0.25) is 0 Å². The highest BCUT2D eigenvalue weighted by Crippen LogP contribution is 2.38. The molecule has 1 aromatic heterocycles. The quantitative estimate of drug-likeness (QED) is 0.396. The third-order valence-corrected chi connectivity index (χ3v) is 6.33. The summed E-state index contributed by atoms with van der Waals surface area (Å²) in [7, 11) is 0. The van der Waals surface area contributed by atoms with E-state index in [1.54, 1.807) is 11.8 Å². The van der Waals surface area contributed by atoms with Crippen molar-refractivity contribution in [2.24, 2.45) is 0 Å². The predicted molar refractivity (Wildman–Crippen MR) is 129 cm³/mol. The second-order valence-electron chi connectivity index (χ2n) is 8.96. The second kappa shape index (κ2) is 10.6. The fourth-order valence-electron chi connectivity index (χ4n) is 4.39. The Morgan fingerprint density at radius 1 is 1.05 bits per heavy atom. The van der Waals surface area contributed by atoms with Crippen LogP contribution in [0.15, 0.2) is 48.5 Å². The molecular weight excluding hydrogens is 489 g/mol. The zero-order chi connectivity index (χ0) is 26.7. The molecule has 11 heteroatoms. The molecule has 1 aliphatic rings. The topological polar surface area (TPSA) is 108 Å². The minimum absolute atomic E-state index is 0.0631. The van der Waals surface area contributed by atoms with Gasteiger partial charge in [0.1, 0.15) is 11.4 Å². The number of aryl methyl sites for hydroxylation is 1. The third kappa shape index (κ3) is 5.77. The molecule has 196 valence electrons. The number of aliphatic hydroxyl groups excluding tert-OH is 1. The van der Waals surface area contributed by atoms with Gasteiger partial charge in [0.2, 0.25) is 0 Å². The first kappa shape index (κ1) is 26.2. The monoisotopic (exact) mass is 516 g/mol. The molecule has 0 bridgehead atoms. The highest BCUT2D eigenvalue weighted by Gasteiger charge is 2.44. The van der Waals surface area contributed by atoms with E-state index < -0.39 is 35.4 Å². The number of aromatic nitrogens is 2. The largest absolute Gasteiger partial charge is 0.478 e. The van der Waals surface area contributed by atoms with Crippen molar-refractivity contribution >= 4 is 17.7 Å². The Morgan fingerprint density at radius 3 is 2.30 bits per heavy atom. The van der Waals surface area contributed by atoms with E-state index in [-0.39, 0.29) is 24.5 Å². The normalized spacial score (nSPS) is 13.9.